The molecule has 158 valence electrons. The molecule has 0 aromatic heterocycles. The summed E-state index contributed by atoms with van der Waals surface area (Å²) in [6.07, 6.45) is 10.1. The zero-order valence-electron chi connectivity index (χ0n) is 19.6. The van der Waals surface area contributed by atoms with Crippen molar-refractivity contribution in [3.8, 4) is 0 Å². The number of hydrogen-bond donors (Lipinski definition) is 0. The zero-order chi connectivity index (χ0) is 20.2. The van der Waals surface area contributed by atoms with Crippen LogP contribution >= 0.6 is 0 Å². The number of hydrogen-bond acceptors (Lipinski definition) is 2. The highest BCUT2D eigenvalue weighted by molar-refractivity contribution is 4.70. The minimum Gasteiger partial charge on any atom is -0.376 e. The van der Waals surface area contributed by atoms with E-state index in [0.29, 0.717) is 0 Å². The van der Waals surface area contributed by atoms with Gasteiger partial charge >= 0.3 is 0 Å². The third-order valence-electron chi connectivity index (χ3n) is 5.20. The summed E-state index contributed by atoms with van der Waals surface area (Å²) in [5.74, 6) is 2.35. The lowest BCUT2D eigenvalue weighted by atomic mass is 9.94. The molecular weight excluding hydrogens is 320 g/mol. The molecule has 2 atom stereocenters. The molecule has 2 unspecified atom stereocenters. The van der Waals surface area contributed by atoms with Crippen molar-refractivity contribution in [3.05, 3.63) is 0 Å². The summed E-state index contributed by atoms with van der Waals surface area (Å²) in [7, 11) is 0. The molecule has 0 aliphatic rings. The normalized spacial score (nSPS) is 15.5. The molecule has 0 aromatic carbocycles. The summed E-state index contributed by atoms with van der Waals surface area (Å²) < 4.78 is 12.0. The first-order chi connectivity index (χ1) is 11.9. The minimum absolute atomic E-state index is 0.0124. The van der Waals surface area contributed by atoms with Crippen molar-refractivity contribution in [2.45, 2.75) is 125 Å². The van der Waals surface area contributed by atoms with Gasteiger partial charge in [0.2, 0.25) is 0 Å². The third-order valence-corrected chi connectivity index (χ3v) is 5.20. The van der Waals surface area contributed by atoms with Crippen LogP contribution < -0.4 is 0 Å². The van der Waals surface area contributed by atoms with E-state index in [9.17, 15) is 0 Å². The van der Waals surface area contributed by atoms with Crippen molar-refractivity contribution in [2.24, 2.45) is 17.8 Å². The van der Waals surface area contributed by atoms with E-state index in [1.807, 2.05) is 0 Å². The van der Waals surface area contributed by atoms with E-state index in [4.69, 9.17) is 9.47 Å². The maximum absolute atomic E-state index is 6.21. The van der Waals surface area contributed by atoms with Gasteiger partial charge in [0.1, 0.15) is 0 Å². The Morgan fingerprint density at radius 3 is 1.62 bits per heavy atom. The van der Waals surface area contributed by atoms with E-state index in [0.717, 1.165) is 43.8 Å². The largest absolute Gasteiger partial charge is 0.376 e. The van der Waals surface area contributed by atoms with Crippen LogP contribution in [-0.2, 0) is 9.47 Å². The summed E-state index contributed by atoms with van der Waals surface area (Å²) in [4.78, 5) is 0. The maximum atomic E-state index is 6.21. The summed E-state index contributed by atoms with van der Waals surface area (Å²) in [5.41, 5.74) is 0.000752. The van der Waals surface area contributed by atoms with Crippen molar-refractivity contribution in [3.63, 3.8) is 0 Å². The standard InChI is InChI=1S/C24H50O2/c1-20(2)12-10-13-21(3)16-19-26-24(8,9)17-11-14-22(4)15-18-25-23(5,6)7/h20-22H,10-19H2,1-9H3. The van der Waals surface area contributed by atoms with E-state index < -0.39 is 0 Å². The molecule has 0 heterocycles. The Bertz CT molecular complexity index is 328. The topological polar surface area (TPSA) is 18.5 Å². The number of rotatable bonds is 15. The highest BCUT2D eigenvalue weighted by Gasteiger charge is 2.19. The molecule has 26 heavy (non-hydrogen) atoms. The molecule has 0 saturated heterocycles. The lowest BCUT2D eigenvalue weighted by Gasteiger charge is -2.27. The SMILES string of the molecule is CC(C)CCCC(C)CCOC(C)(C)CCCC(C)CCOC(C)(C)C. The van der Waals surface area contributed by atoms with Gasteiger partial charge in [0.05, 0.1) is 11.2 Å². The Morgan fingerprint density at radius 1 is 0.615 bits per heavy atom. The minimum atomic E-state index is -0.0124. The zero-order valence-corrected chi connectivity index (χ0v) is 19.6. The molecule has 0 fully saturated rings. The van der Waals surface area contributed by atoms with Gasteiger partial charge < -0.3 is 9.47 Å². The number of ether oxygens (including phenoxy) is 2. The second-order valence-electron chi connectivity index (χ2n) is 10.6. The third kappa shape index (κ3) is 17.3. The highest BCUT2D eigenvalue weighted by atomic mass is 16.5. The van der Waals surface area contributed by atoms with Gasteiger partial charge in [-0.1, -0.05) is 59.8 Å². The molecule has 0 rings (SSSR count). The summed E-state index contributed by atoms with van der Waals surface area (Å²) >= 11 is 0. The summed E-state index contributed by atoms with van der Waals surface area (Å²) in [6.45, 7) is 22.0. The Kier molecular flexibility index (Phi) is 13.1. The van der Waals surface area contributed by atoms with E-state index in [1.165, 1.54) is 38.5 Å². The van der Waals surface area contributed by atoms with E-state index in [2.05, 4.69) is 62.3 Å². The molecule has 0 saturated carbocycles. The lowest BCUT2D eigenvalue weighted by molar-refractivity contribution is -0.0314. The predicted molar refractivity (Wildman–Crippen MR) is 116 cm³/mol. The Balaban J connectivity index is 3.77. The summed E-state index contributed by atoms with van der Waals surface area (Å²) in [5, 5.41) is 0. The van der Waals surface area contributed by atoms with Crippen molar-refractivity contribution in [2.75, 3.05) is 13.2 Å². The first-order valence-electron chi connectivity index (χ1n) is 11.2. The monoisotopic (exact) mass is 370 g/mol. The smallest absolute Gasteiger partial charge is 0.0626 e. The van der Waals surface area contributed by atoms with Crippen molar-refractivity contribution < 1.29 is 9.47 Å². The van der Waals surface area contributed by atoms with Gasteiger partial charge in [-0.2, -0.15) is 0 Å². The van der Waals surface area contributed by atoms with Crippen LogP contribution in [0, 0.1) is 17.8 Å². The molecule has 0 spiro atoms. The van der Waals surface area contributed by atoms with Crippen LogP contribution in [-0.4, -0.2) is 24.4 Å². The average molecular weight is 371 g/mol. The molecule has 2 nitrogen and oxygen atoms in total. The van der Waals surface area contributed by atoms with Gasteiger partial charge in [0.15, 0.2) is 0 Å². The first kappa shape index (κ1) is 25.9. The molecule has 0 bridgehead atoms. The average Bonchev–Trinajstić information content (AvgIpc) is 2.44. The molecule has 0 amide bonds. The second-order valence-corrected chi connectivity index (χ2v) is 10.6. The van der Waals surface area contributed by atoms with Crippen LogP contribution in [0.4, 0.5) is 0 Å². The molecule has 0 N–H and O–H groups in total. The van der Waals surface area contributed by atoms with Crippen molar-refractivity contribution in [1.82, 2.24) is 0 Å². The Hall–Kier alpha value is -0.0800. The van der Waals surface area contributed by atoms with Crippen LogP contribution in [0.25, 0.3) is 0 Å². The molecule has 0 aliphatic heterocycles. The van der Waals surface area contributed by atoms with Gasteiger partial charge in [-0.3, -0.25) is 0 Å². The first-order valence-corrected chi connectivity index (χ1v) is 11.2. The quantitative estimate of drug-likeness (QED) is 0.295. The molecule has 2 heteroatoms. The Morgan fingerprint density at radius 2 is 1.12 bits per heavy atom. The fraction of sp³-hybridized carbons (Fsp3) is 1.00. The van der Waals surface area contributed by atoms with Crippen molar-refractivity contribution in [1.29, 1.82) is 0 Å². The molecular formula is C24H50O2. The van der Waals surface area contributed by atoms with Gasteiger partial charge in [-0.05, 0) is 71.6 Å². The van der Waals surface area contributed by atoms with Crippen LogP contribution in [0.1, 0.15) is 114 Å². The van der Waals surface area contributed by atoms with Gasteiger partial charge in [-0.15, -0.1) is 0 Å². The van der Waals surface area contributed by atoms with E-state index in [1.54, 1.807) is 0 Å². The molecule has 0 radical (unpaired) electrons. The Labute approximate surface area is 165 Å². The van der Waals surface area contributed by atoms with Gasteiger partial charge in [0.25, 0.3) is 0 Å². The second kappa shape index (κ2) is 13.2. The van der Waals surface area contributed by atoms with Gasteiger partial charge in [0, 0.05) is 13.2 Å². The van der Waals surface area contributed by atoms with E-state index in [-0.39, 0.29) is 11.2 Å². The van der Waals surface area contributed by atoms with Crippen molar-refractivity contribution >= 4 is 0 Å². The molecule has 0 aliphatic carbocycles. The fourth-order valence-electron chi connectivity index (χ4n) is 3.21. The summed E-state index contributed by atoms with van der Waals surface area (Å²) in [6, 6.07) is 0. The van der Waals surface area contributed by atoms with Gasteiger partial charge in [-0.25, -0.2) is 0 Å². The van der Waals surface area contributed by atoms with Crippen LogP contribution in [0.5, 0.6) is 0 Å². The molecule has 0 aromatic rings. The highest BCUT2D eigenvalue weighted by Crippen LogP contribution is 2.23. The van der Waals surface area contributed by atoms with E-state index >= 15 is 0 Å². The maximum Gasteiger partial charge on any atom is 0.0626 e. The van der Waals surface area contributed by atoms with Crippen LogP contribution in [0.2, 0.25) is 0 Å². The fourth-order valence-corrected chi connectivity index (χ4v) is 3.21. The van der Waals surface area contributed by atoms with Crippen LogP contribution in [0.3, 0.4) is 0 Å². The van der Waals surface area contributed by atoms with Crippen LogP contribution in [0.15, 0.2) is 0 Å². The predicted octanol–water partition coefficient (Wildman–Crippen LogP) is 7.65. The lowest BCUT2D eigenvalue weighted by Crippen LogP contribution is -2.25.